The zero-order valence-electron chi connectivity index (χ0n) is 21.4. The van der Waals surface area contributed by atoms with Gasteiger partial charge in [0.1, 0.15) is 0 Å². The van der Waals surface area contributed by atoms with Crippen molar-refractivity contribution in [2.75, 3.05) is 42.7 Å². The molecular weight excluding hydrogens is 488 g/mol. The molecule has 35 heavy (non-hydrogen) atoms. The molecule has 10 nitrogen and oxygen atoms in total. The number of thioether (sulfide) groups is 1. The first-order chi connectivity index (χ1) is 16.7. The van der Waals surface area contributed by atoms with Gasteiger partial charge >= 0.3 is 6.09 Å². The Balaban J connectivity index is 2.10. The van der Waals surface area contributed by atoms with Crippen molar-refractivity contribution >= 4 is 62.0 Å². The topological polar surface area (TPSA) is 89.5 Å². The Morgan fingerprint density at radius 3 is 2.11 bits per heavy atom. The SMILES string of the molecule is CCOC(=O)N1c2cc3nc(N(C(C)=O)N(CC)CC)sc3cc2SC1N(C(C)=O)N(CC)CC. The van der Waals surface area contributed by atoms with Gasteiger partial charge in [0, 0.05) is 44.9 Å². The lowest BCUT2D eigenvalue weighted by Gasteiger charge is -2.39. The molecule has 0 N–H and O–H groups in total. The molecule has 2 heterocycles. The molecule has 0 fully saturated rings. The number of ether oxygens (including phenoxy) is 1. The number of anilines is 2. The summed E-state index contributed by atoms with van der Waals surface area (Å²) in [6.45, 7) is 15.5. The molecule has 3 rings (SSSR count). The highest BCUT2D eigenvalue weighted by molar-refractivity contribution is 8.00. The zero-order valence-corrected chi connectivity index (χ0v) is 23.0. The molecule has 1 aromatic heterocycles. The largest absolute Gasteiger partial charge is 0.449 e. The minimum atomic E-state index is -0.609. The van der Waals surface area contributed by atoms with Gasteiger partial charge in [-0.1, -0.05) is 50.8 Å². The average molecular weight is 523 g/mol. The fourth-order valence-electron chi connectivity index (χ4n) is 4.12. The van der Waals surface area contributed by atoms with Crippen LogP contribution in [0.2, 0.25) is 0 Å². The van der Waals surface area contributed by atoms with Crippen molar-refractivity contribution in [1.82, 2.24) is 20.0 Å². The lowest BCUT2D eigenvalue weighted by atomic mass is 10.3. The molecule has 0 saturated carbocycles. The van der Waals surface area contributed by atoms with E-state index in [1.165, 1.54) is 41.8 Å². The highest BCUT2D eigenvalue weighted by atomic mass is 32.2. The number of rotatable bonds is 9. The summed E-state index contributed by atoms with van der Waals surface area (Å²) < 4.78 is 6.27. The summed E-state index contributed by atoms with van der Waals surface area (Å²) in [5.41, 5.74) is 0.704. The molecule has 1 atom stereocenters. The van der Waals surface area contributed by atoms with Crippen molar-refractivity contribution in [3.63, 3.8) is 0 Å². The third-order valence-electron chi connectivity index (χ3n) is 5.69. The fourth-order valence-corrected chi connectivity index (χ4v) is 6.62. The molecule has 12 heteroatoms. The molecule has 192 valence electrons. The second kappa shape index (κ2) is 11.5. The van der Waals surface area contributed by atoms with Gasteiger partial charge < -0.3 is 4.74 Å². The monoisotopic (exact) mass is 522 g/mol. The first kappa shape index (κ1) is 27.2. The lowest BCUT2D eigenvalue weighted by Crippen LogP contribution is -2.56. The van der Waals surface area contributed by atoms with Crippen LogP contribution >= 0.6 is 23.1 Å². The Kier molecular flexibility index (Phi) is 8.97. The van der Waals surface area contributed by atoms with Crippen LogP contribution < -0.4 is 9.91 Å². The lowest BCUT2D eigenvalue weighted by molar-refractivity contribution is -0.147. The van der Waals surface area contributed by atoms with E-state index in [1.807, 2.05) is 49.8 Å². The van der Waals surface area contributed by atoms with Crippen LogP contribution in [0.3, 0.4) is 0 Å². The summed E-state index contributed by atoms with van der Waals surface area (Å²) in [6.07, 6.45) is -0.523. The predicted octanol–water partition coefficient (Wildman–Crippen LogP) is 4.36. The van der Waals surface area contributed by atoms with E-state index in [4.69, 9.17) is 9.72 Å². The van der Waals surface area contributed by atoms with Gasteiger partial charge in [-0.05, 0) is 19.1 Å². The van der Waals surface area contributed by atoms with Gasteiger partial charge in [0.15, 0.2) is 5.50 Å². The van der Waals surface area contributed by atoms with Crippen LogP contribution in [-0.4, -0.2) is 76.2 Å². The van der Waals surface area contributed by atoms with Crippen molar-refractivity contribution in [1.29, 1.82) is 0 Å². The van der Waals surface area contributed by atoms with Crippen LogP contribution in [0, 0.1) is 0 Å². The predicted molar refractivity (Wildman–Crippen MR) is 140 cm³/mol. The standard InChI is InChI=1S/C23H34N6O4S2/c1-8-25(9-2)28(15(6)30)21-24-17-13-18-20(14-19(17)34-21)35-22(27(18)23(32)33-12-5)29(16(7)31)26(10-3)11-4/h13-14,22H,8-12H2,1-7H3. The van der Waals surface area contributed by atoms with Gasteiger partial charge in [0.25, 0.3) is 0 Å². The highest BCUT2D eigenvalue weighted by Gasteiger charge is 2.43. The maximum atomic E-state index is 13.1. The zero-order chi connectivity index (χ0) is 25.9. The molecule has 1 aliphatic rings. The quantitative estimate of drug-likeness (QED) is 0.449. The summed E-state index contributed by atoms with van der Waals surface area (Å²) in [5, 5.41) is 7.64. The molecule has 1 aliphatic heterocycles. The Bertz CT molecular complexity index is 1090. The number of hydrazine groups is 2. The second-order valence-electron chi connectivity index (χ2n) is 7.77. The molecule has 0 saturated heterocycles. The number of amides is 3. The molecule has 2 aromatic rings. The smallest absolute Gasteiger partial charge is 0.416 e. The van der Waals surface area contributed by atoms with Crippen LogP contribution in [0.25, 0.3) is 10.2 Å². The minimum Gasteiger partial charge on any atom is -0.449 e. The number of aromatic nitrogens is 1. The normalized spacial score (nSPS) is 15.1. The third kappa shape index (κ3) is 5.25. The maximum Gasteiger partial charge on any atom is 0.416 e. The molecule has 3 amide bonds. The second-order valence-corrected chi connectivity index (χ2v) is 9.88. The van der Waals surface area contributed by atoms with Gasteiger partial charge in [0.2, 0.25) is 16.9 Å². The van der Waals surface area contributed by atoms with Crippen molar-refractivity contribution < 1.29 is 19.1 Å². The molecule has 0 bridgehead atoms. The summed E-state index contributed by atoms with van der Waals surface area (Å²) >= 11 is 2.85. The molecule has 1 unspecified atom stereocenters. The molecule has 0 spiro atoms. The first-order valence-corrected chi connectivity index (χ1v) is 13.6. The fraction of sp³-hybridized carbons (Fsp3) is 0.565. The van der Waals surface area contributed by atoms with E-state index in [9.17, 15) is 14.4 Å². The van der Waals surface area contributed by atoms with Crippen LogP contribution in [0.15, 0.2) is 17.0 Å². The van der Waals surface area contributed by atoms with Gasteiger partial charge in [-0.2, -0.15) is 0 Å². The maximum absolute atomic E-state index is 13.1. The van der Waals surface area contributed by atoms with Gasteiger partial charge in [-0.15, -0.1) is 0 Å². The van der Waals surface area contributed by atoms with E-state index in [1.54, 1.807) is 16.9 Å². The third-order valence-corrected chi connectivity index (χ3v) is 7.89. The Morgan fingerprint density at radius 2 is 1.60 bits per heavy atom. The van der Waals surface area contributed by atoms with Crippen LogP contribution in [0.4, 0.5) is 15.6 Å². The first-order valence-electron chi connectivity index (χ1n) is 11.9. The number of fused-ring (bicyclic) bond motifs is 2. The summed E-state index contributed by atoms with van der Waals surface area (Å²) in [5.74, 6) is -0.272. The molecule has 0 aliphatic carbocycles. The number of carbonyl (C=O) groups is 3. The van der Waals surface area contributed by atoms with Crippen molar-refractivity contribution in [3.05, 3.63) is 12.1 Å². The number of benzene rings is 1. The van der Waals surface area contributed by atoms with Crippen molar-refractivity contribution in [3.8, 4) is 0 Å². The number of nitrogens with zero attached hydrogens (tertiary/aromatic N) is 6. The van der Waals surface area contributed by atoms with Crippen LogP contribution in [-0.2, 0) is 14.3 Å². The Morgan fingerprint density at radius 1 is 0.971 bits per heavy atom. The van der Waals surface area contributed by atoms with Gasteiger partial charge in [0.05, 0.1) is 22.5 Å². The Labute approximate surface area is 214 Å². The van der Waals surface area contributed by atoms with Crippen molar-refractivity contribution in [2.24, 2.45) is 0 Å². The minimum absolute atomic E-state index is 0.112. The summed E-state index contributed by atoms with van der Waals surface area (Å²) in [6, 6.07) is 3.82. The van der Waals surface area contributed by atoms with Crippen LogP contribution in [0.5, 0.6) is 0 Å². The van der Waals surface area contributed by atoms with E-state index < -0.39 is 11.6 Å². The Hall–Kier alpha value is -2.41. The number of hydrogen-bond acceptors (Lipinski definition) is 9. The van der Waals surface area contributed by atoms with Gasteiger partial charge in [-0.3, -0.25) is 9.59 Å². The summed E-state index contributed by atoms with van der Waals surface area (Å²) in [7, 11) is 0. The van der Waals surface area contributed by atoms with E-state index in [-0.39, 0.29) is 18.4 Å². The van der Waals surface area contributed by atoms with E-state index in [2.05, 4.69) is 0 Å². The molecule has 1 aromatic carbocycles. The highest BCUT2D eigenvalue weighted by Crippen LogP contribution is 2.48. The van der Waals surface area contributed by atoms with Gasteiger partial charge in [-0.25, -0.2) is 34.7 Å². The molecular formula is C23H34N6O4S2. The van der Waals surface area contributed by atoms with E-state index in [0.717, 1.165) is 9.60 Å². The van der Waals surface area contributed by atoms with E-state index in [0.29, 0.717) is 42.5 Å². The number of carbonyl (C=O) groups excluding carboxylic acids is 3. The summed E-state index contributed by atoms with van der Waals surface area (Å²) in [4.78, 5) is 45.3. The average Bonchev–Trinajstić information content (AvgIpc) is 3.38. The number of hydrogen-bond donors (Lipinski definition) is 0. The molecule has 0 radical (unpaired) electrons. The van der Waals surface area contributed by atoms with E-state index >= 15 is 0 Å². The number of thiazole rings is 1. The van der Waals surface area contributed by atoms with Crippen LogP contribution in [0.1, 0.15) is 48.5 Å². The van der Waals surface area contributed by atoms with Crippen molar-refractivity contribution in [2.45, 2.75) is 58.9 Å².